The summed E-state index contributed by atoms with van der Waals surface area (Å²) < 4.78 is 22.8. The van der Waals surface area contributed by atoms with E-state index in [1.54, 1.807) is 0 Å². The number of thiophene rings is 1. The molecule has 0 radical (unpaired) electrons. The Morgan fingerprint density at radius 3 is 2.59 bits per heavy atom. The SMILES string of the molecule is CCc1c(C)sc(NC(=O)CC2CCS(=O)(=O)C2)c1C(=O)O. The summed E-state index contributed by atoms with van der Waals surface area (Å²) in [4.78, 5) is 24.3. The Morgan fingerprint density at radius 1 is 1.41 bits per heavy atom. The standard InChI is InChI=1S/C14H19NO5S2/c1-3-10-8(2)21-13(12(10)14(17)18)15-11(16)6-9-4-5-22(19,20)7-9/h9H,3-7H2,1-2H3,(H,15,16)(H,17,18). The van der Waals surface area contributed by atoms with E-state index in [4.69, 9.17) is 0 Å². The Bertz CT molecular complexity index is 705. The van der Waals surface area contributed by atoms with Crippen molar-refractivity contribution in [1.29, 1.82) is 0 Å². The highest BCUT2D eigenvalue weighted by molar-refractivity contribution is 7.91. The minimum absolute atomic E-state index is 0.0376. The van der Waals surface area contributed by atoms with Crippen molar-refractivity contribution in [1.82, 2.24) is 0 Å². The maximum absolute atomic E-state index is 12.1. The summed E-state index contributed by atoms with van der Waals surface area (Å²) in [5, 5.41) is 12.3. The molecule has 0 aromatic carbocycles. The first-order valence-electron chi connectivity index (χ1n) is 7.09. The third kappa shape index (κ3) is 3.67. The Hall–Kier alpha value is -1.41. The number of amides is 1. The van der Waals surface area contributed by atoms with Crippen molar-refractivity contribution in [2.45, 2.75) is 33.1 Å². The number of carboxylic acids is 1. The second-order valence-electron chi connectivity index (χ2n) is 5.52. The fourth-order valence-corrected chi connectivity index (χ4v) is 5.81. The van der Waals surface area contributed by atoms with Gasteiger partial charge < -0.3 is 10.4 Å². The molecule has 1 atom stereocenters. The number of hydrogen-bond acceptors (Lipinski definition) is 5. The minimum Gasteiger partial charge on any atom is -0.478 e. The first-order chi connectivity index (χ1) is 10.2. The van der Waals surface area contributed by atoms with Crippen LogP contribution in [0, 0.1) is 12.8 Å². The number of carbonyl (C=O) groups excluding carboxylic acids is 1. The lowest BCUT2D eigenvalue weighted by atomic mass is 10.0. The van der Waals surface area contributed by atoms with Crippen LogP contribution in [-0.4, -0.2) is 36.9 Å². The third-order valence-electron chi connectivity index (χ3n) is 3.83. The van der Waals surface area contributed by atoms with E-state index in [0.29, 0.717) is 17.8 Å². The average molecular weight is 345 g/mol. The van der Waals surface area contributed by atoms with Crippen molar-refractivity contribution in [2.24, 2.45) is 5.92 Å². The second kappa shape index (κ2) is 6.37. The summed E-state index contributed by atoms with van der Waals surface area (Å²) in [7, 11) is -3.01. The van der Waals surface area contributed by atoms with Crippen molar-refractivity contribution in [3.63, 3.8) is 0 Å². The number of rotatable bonds is 5. The zero-order valence-electron chi connectivity index (χ0n) is 12.5. The van der Waals surface area contributed by atoms with Crippen molar-refractivity contribution >= 4 is 38.1 Å². The molecule has 1 saturated heterocycles. The Kier molecular flexibility index (Phi) is 4.91. The van der Waals surface area contributed by atoms with Crippen LogP contribution in [0.15, 0.2) is 0 Å². The Morgan fingerprint density at radius 2 is 2.09 bits per heavy atom. The van der Waals surface area contributed by atoms with E-state index < -0.39 is 15.8 Å². The maximum atomic E-state index is 12.1. The highest BCUT2D eigenvalue weighted by atomic mass is 32.2. The molecular weight excluding hydrogens is 326 g/mol. The molecule has 1 aliphatic rings. The molecule has 2 rings (SSSR count). The fourth-order valence-electron chi connectivity index (χ4n) is 2.79. The lowest BCUT2D eigenvalue weighted by Crippen LogP contribution is -2.18. The van der Waals surface area contributed by atoms with Crippen LogP contribution in [0.1, 0.15) is 40.6 Å². The highest BCUT2D eigenvalue weighted by Gasteiger charge is 2.30. The van der Waals surface area contributed by atoms with Crippen LogP contribution in [0.5, 0.6) is 0 Å². The number of aromatic carboxylic acids is 1. The zero-order chi connectivity index (χ0) is 16.5. The van der Waals surface area contributed by atoms with E-state index >= 15 is 0 Å². The van der Waals surface area contributed by atoms with Crippen molar-refractivity contribution < 1.29 is 23.1 Å². The van der Waals surface area contributed by atoms with Gasteiger partial charge in [0.05, 0.1) is 17.1 Å². The van der Waals surface area contributed by atoms with E-state index in [-0.39, 0.29) is 35.3 Å². The first kappa shape index (κ1) is 17.0. The average Bonchev–Trinajstić information content (AvgIpc) is 2.88. The molecule has 8 heteroatoms. The molecule has 1 aromatic heterocycles. The summed E-state index contributed by atoms with van der Waals surface area (Å²) in [6, 6.07) is 0. The number of anilines is 1. The van der Waals surface area contributed by atoms with Gasteiger partial charge in [-0.3, -0.25) is 4.79 Å². The molecule has 0 aliphatic carbocycles. The van der Waals surface area contributed by atoms with Gasteiger partial charge in [-0.15, -0.1) is 11.3 Å². The number of hydrogen-bond donors (Lipinski definition) is 2. The van der Waals surface area contributed by atoms with Gasteiger partial charge in [-0.2, -0.15) is 0 Å². The molecule has 1 amide bonds. The molecule has 2 heterocycles. The summed E-state index contributed by atoms with van der Waals surface area (Å²) in [5.41, 5.74) is 0.883. The molecule has 122 valence electrons. The van der Waals surface area contributed by atoms with Gasteiger partial charge in [0.25, 0.3) is 0 Å². The predicted molar refractivity (Wildman–Crippen MR) is 85.4 cm³/mol. The van der Waals surface area contributed by atoms with Crippen molar-refractivity contribution in [3.8, 4) is 0 Å². The van der Waals surface area contributed by atoms with Gasteiger partial charge >= 0.3 is 5.97 Å². The monoisotopic (exact) mass is 345 g/mol. The lowest BCUT2D eigenvalue weighted by Gasteiger charge is -2.08. The molecular formula is C14H19NO5S2. The van der Waals surface area contributed by atoms with Crippen LogP contribution >= 0.6 is 11.3 Å². The molecule has 0 spiro atoms. The van der Waals surface area contributed by atoms with Crippen LogP contribution in [0.2, 0.25) is 0 Å². The number of nitrogens with one attached hydrogen (secondary N) is 1. The van der Waals surface area contributed by atoms with Crippen molar-refractivity contribution in [3.05, 3.63) is 16.0 Å². The van der Waals surface area contributed by atoms with Gasteiger partial charge in [0.15, 0.2) is 9.84 Å². The summed E-state index contributed by atoms with van der Waals surface area (Å²) in [6.07, 6.45) is 1.18. The van der Waals surface area contributed by atoms with Gasteiger partial charge in [0.2, 0.25) is 5.91 Å². The topological polar surface area (TPSA) is 101 Å². The first-order valence-corrected chi connectivity index (χ1v) is 9.73. The second-order valence-corrected chi connectivity index (χ2v) is 8.97. The molecule has 1 fully saturated rings. The van der Waals surface area contributed by atoms with Crippen LogP contribution < -0.4 is 5.32 Å². The summed E-state index contributed by atoms with van der Waals surface area (Å²) in [5.74, 6) is -1.39. The number of carboxylic acid groups (broad SMARTS) is 1. The summed E-state index contributed by atoms with van der Waals surface area (Å²) in [6.45, 7) is 3.70. The van der Waals surface area contributed by atoms with Crippen LogP contribution in [0.3, 0.4) is 0 Å². The van der Waals surface area contributed by atoms with Crippen LogP contribution in [-0.2, 0) is 21.1 Å². The minimum atomic E-state index is -3.01. The maximum Gasteiger partial charge on any atom is 0.339 e. The molecule has 2 N–H and O–H groups in total. The molecule has 0 saturated carbocycles. The Labute approximate surface area is 133 Å². The Balaban J connectivity index is 2.11. The highest BCUT2D eigenvalue weighted by Crippen LogP contribution is 2.34. The molecule has 6 nitrogen and oxygen atoms in total. The van der Waals surface area contributed by atoms with E-state index in [9.17, 15) is 23.1 Å². The van der Waals surface area contributed by atoms with E-state index in [1.165, 1.54) is 11.3 Å². The number of carbonyl (C=O) groups is 2. The van der Waals surface area contributed by atoms with Gasteiger partial charge in [-0.05, 0) is 31.2 Å². The molecule has 1 aliphatic heterocycles. The molecule has 0 bridgehead atoms. The lowest BCUT2D eigenvalue weighted by molar-refractivity contribution is -0.116. The van der Waals surface area contributed by atoms with Gasteiger partial charge in [-0.25, -0.2) is 13.2 Å². The molecule has 22 heavy (non-hydrogen) atoms. The largest absolute Gasteiger partial charge is 0.478 e. The molecule has 1 aromatic rings. The predicted octanol–water partition coefficient (Wildman–Crippen LogP) is 2.08. The van der Waals surface area contributed by atoms with Gasteiger partial charge in [-0.1, -0.05) is 6.92 Å². The smallest absolute Gasteiger partial charge is 0.339 e. The number of sulfone groups is 1. The van der Waals surface area contributed by atoms with E-state index in [2.05, 4.69) is 5.32 Å². The van der Waals surface area contributed by atoms with Gasteiger partial charge in [0, 0.05) is 11.3 Å². The van der Waals surface area contributed by atoms with Gasteiger partial charge in [0.1, 0.15) is 5.00 Å². The normalized spacial score (nSPS) is 20.0. The molecule has 1 unspecified atom stereocenters. The third-order valence-corrected chi connectivity index (χ3v) is 6.73. The summed E-state index contributed by atoms with van der Waals surface area (Å²) >= 11 is 1.25. The van der Waals surface area contributed by atoms with Crippen LogP contribution in [0.4, 0.5) is 5.00 Å². The quantitative estimate of drug-likeness (QED) is 0.851. The van der Waals surface area contributed by atoms with E-state index in [1.807, 2.05) is 13.8 Å². The fraction of sp³-hybridized carbons (Fsp3) is 0.571. The van der Waals surface area contributed by atoms with E-state index in [0.717, 1.165) is 10.4 Å². The van der Waals surface area contributed by atoms with Crippen molar-refractivity contribution in [2.75, 3.05) is 16.8 Å². The zero-order valence-corrected chi connectivity index (χ0v) is 14.1. The van der Waals surface area contributed by atoms with Crippen LogP contribution in [0.25, 0.3) is 0 Å². The number of aryl methyl sites for hydroxylation is 1.